The molecule has 0 fully saturated rings. The zero-order valence-corrected chi connectivity index (χ0v) is 15.1. The second kappa shape index (κ2) is 7.46. The Bertz CT molecular complexity index is 905. The molecule has 0 radical (unpaired) electrons. The van der Waals surface area contributed by atoms with E-state index in [4.69, 9.17) is 16.1 Å². The Balaban J connectivity index is 1.55. The van der Waals surface area contributed by atoms with E-state index < -0.39 is 9.84 Å². The molecule has 0 aliphatic heterocycles. The molecule has 0 aliphatic rings. The third-order valence-corrected chi connectivity index (χ3v) is 6.28. The Labute approximate surface area is 149 Å². The zero-order valence-electron chi connectivity index (χ0n) is 12.7. The van der Waals surface area contributed by atoms with Gasteiger partial charge in [0, 0.05) is 11.4 Å². The lowest BCUT2D eigenvalue weighted by Gasteiger charge is -2.05. The van der Waals surface area contributed by atoms with Crippen molar-refractivity contribution in [3.8, 4) is 10.7 Å². The summed E-state index contributed by atoms with van der Waals surface area (Å²) in [6, 6.07) is 10.8. The molecule has 0 unspecified atom stereocenters. The van der Waals surface area contributed by atoms with E-state index in [2.05, 4.69) is 10.1 Å². The van der Waals surface area contributed by atoms with Crippen LogP contribution in [0, 0.1) is 0 Å². The van der Waals surface area contributed by atoms with E-state index in [-0.39, 0.29) is 11.5 Å². The first-order valence-electron chi connectivity index (χ1n) is 7.34. The third kappa shape index (κ3) is 4.43. The highest BCUT2D eigenvalue weighted by atomic mass is 35.5. The second-order valence-corrected chi connectivity index (χ2v) is 8.81. The standard InChI is InChI=1S/C16H15ClN2O3S2/c17-13-6-2-1-5-12(13)11-24(20,21)10-4-8-15-18-16(19-22-15)14-7-3-9-23-14/h1-3,5-7,9H,4,8,10-11H2. The van der Waals surface area contributed by atoms with Crippen molar-refractivity contribution >= 4 is 32.8 Å². The van der Waals surface area contributed by atoms with Gasteiger partial charge in [0.1, 0.15) is 0 Å². The van der Waals surface area contributed by atoms with Crippen LogP contribution in [0.15, 0.2) is 46.3 Å². The van der Waals surface area contributed by atoms with Crippen LogP contribution in [0.3, 0.4) is 0 Å². The van der Waals surface area contributed by atoms with Crippen LogP contribution in [0.2, 0.25) is 5.02 Å². The van der Waals surface area contributed by atoms with E-state index in [9.17, 15) is 8.42 Å². The molecular formula is C16H15ClN2O3S2. The van der Waals surface area contributed by atoms with Gasteiger partial charge in [0.05, 0.1) is 16.4 Å². The molecule has 0 bridgehead atoms. The van der Waals surface area contributed by atoms with E-state index >= 15 is 0 Å². The molecule has 0 saturated carbocycles. The van der Waals surface area contributed by atoms with Gasteiger partial charge in [0.25, 0.3) is 0 Å². The van der Waals surface area contributed by atoms with Crippen molar-refractivity contribution in [3.05, 3.63) is 58.3 Å². The Morgan fingerprint density at radius 1 is 1.17 bits per heavy atom. The number of sulfone groups is 1. The monoisotopic (exact) mass is 382 g/mol. The van der Waals surface area contributed by atoms with Crippen LogP contribution in [0.5, 0.6) is 0 Å². The first-order chi connectivity index (χ1) is 11.5. The predicted octanol–water partition coefficient (Wildman–Crippen LogP) is 4.00. The number of aromatic nitrogens is 2. The van der Waals surface area contributed by atoms with Gasteiger partial charge in [-0.25, -0.2) is 8.42 Å². The molecule has 3 aromatic rings. The Morgan fingerprint density at radius 3 is 2.75 bits per heavy atom. The number of hydrogen-bond donors (Lipinski definition) is 0. The van der Waals surface area contributed by atoms with Gasteiger partial charge in [0.2, 0.25) is 11.7 Å². The van der Waals surface area contributed by atoms with Gasteiger partial charge >= 0.3 is 0 Å². The second-order valence-electron chi connectivity index (χ2n) is 5.28. The van der Waals surface area contributed by atoms with Crippen LogP contribution in [-0.4, -0.2) is 24.3 Å². The van der Waals surface area contributed by atoms with E-state index in [1.165, 1.54) is 11.3 Å². The van der Waals surface area contributed by atoms with Crippen molar-refractivity contribution in [2.45, 2.75) is 18.6 Å². The molecule has 0 N–H and O–H groups in total. The number of hydrogen-bond acceptors (Lipinski definition) is 6. The minimum absolute atomic E-state index is 0.0505. The van der Waals surface area contributed by atoms with E-state index in [1.54, 1.807) is 24.3 Å². The fraction of sp³-hybridized carbons (Fsp3) is 0.250. The molecular weight excluding hydrogens is 368 g/mol. The maximum atomic E-state index is 12.2. The molecule has 1 aromatic carbocycles. The molecule has 2 heterocycles. The van der Waals surface area contributed by atoms with Gasteiger partial charge in [-0.1, -0.05) is 41.0 Å². The summed E-state index contributed by atoms with van der Waals surface area (Å²) in [5.41, 5.74) is 0.622. The van der Waals surface area contributed by atoms with Crippen molar-refractivity contribution in [1.29, 1.82) is 0 Å². The van der Waals surface area contributed by atoms with Crippen LogP contribution >= 0.6 is 22.9 Å². The molecule has 0 spiro atoms. The summed E-state index contributed by atoms with van der Waals surface area (Å²) in [5, 5.41) is 6.32. The Kier molecular flexibility index (Phi) is 5.33. The van der Waals surface area contributed by atoms with Gasteiger partial charge in [-0.15, -0.1) is 11.3 Å². The van der Waals surface area contributed by atoms with Crippen LogP contribution < -0.4 is 0 Å². The maximum Gasteiger partial charge on any atom is 0.227 e. The highest BCUT2D eigenvalue weighted by Crippen LogP contribution is 2.22. The molecule has 24 heavy (non-hydrogen) atoms. The fourth-order valence-corrected chi connectivity index (χ4v) is 4.62. The smallest absolute Gasteiger partial charge is 0.227 e. The topological polar surface area (TPSA) is 73.1 Å². The number of rotatable bonds is 7. The van der Waals surface area contributed by atoms with Gasteiger partial charge in [0.15, 0.2) is 9.84 Å². The number of nitrogens with zero attached hydrogens (tertiary/aromatic N) is 2. The lowest BCUT2D eigenvalue weighted by Crippen LogP contribution is -2.10. The lowest BCUT2D eigenvalue weighted by molar-refractivity contribution is 0.378. The Hall–Kier alpha value is -1.70. The average molecular weight is 383 g/mol. The Morgan fingerprint density at radius 2 is 2.00 bits per heavy atom. The number of thiophene rings is 1. The largest absolute Gasteiger partial charge is 0.339 e. The quantitative estimate of drug-likeness (QED) is 0.617. The van der Waals surface area contributed by atoms with Gasteiger partial charge in [-0.2, -0.15) is 4.98 Å². The molecule has 8 heteroatoms. The first kappa shape index (κ1) is 17.1. The molecule has 126 valence electrons. The molecule has 0 saturated heterocycles. The predicted molar refractivity (Wildman–Crippen MR) is 94.9 cm³/mol. The maximum absolute atomic E-state index is 12.2. The van der Waals surface area contributed by atoms with Gasteiger partial charge in [-0.05, 0) is 29.5 Å². The summed E-state index contributed by atoms with van der Waals surface area (Å²) >= 11 is 7.54. The van der Waals surface area contributed by atoms with E-state index in [0.29, 0.717) is 35.1 Å². The first-order valence-corrected chi connectivity index (χ1v) is 10.4. The van der Waals surface area contributed by atoms with E-state index in [0.717, 1.165) is 4.88 Å². The summed E-state index contributed by atoms with van der Waals surface area (Å²) in [7, 11) is -3.24. The van der Waals surface area contributed by atoms with E-state index in [1.807, 2.05) is 17.5 Å². The van der Waals surface area contributed by atoms with Crippen molar-refractivity contribution in [1.82, 2.24) is 10.1 Å². The van der Waals surface area contributed by atoms with Gasteiger partial charge in [-0.3, -0.25) is 0 Å². The molecule has 2 aromatic heterocycles. The van der Waals surface area contributed by atoms with Crippen LogP contribution in [0.25, 0.3) is 10.7 Å². The summed E-state index contributed by atoms with van der Waals surface area (Å²) < 4.78 is 29.6. The summed E-state index contributed by atoms with van der Waals surface area (Å²) in [5.74, 6) is 0.983. The lowest BCUT2D eigenvalue weighted by atomic mass is 10.2. The fourth-order valence-electron chi connectivity index (χ4n) is 2.23. The zero-order chi connectivity index (χ0) is 17.0. The average Bonchev–Trinajstić information content (AvgIpc) is 3.20. The summed E-state index contributed by atoms with van der Waals surface area (Å²) in [6.07, 6.45) is 0.860. The van der Waals surface area contributed by atoms with Crippen LogP contribution in [-0.2, 0) is 22.0 Å². The normalized spacial score (nSPS) is 11.7. The van der Waals surface area contributed by atoms with Crippen molar-refractivity contribution in [3.63, 3.8) is 0 Å². The van der Waals surface area contributed by atoms with Crippen molar-refractivity contribution in [2.75, 3.05) is 5.75 Å². The van der Waals surface area contributed by atoms with Crippen LogP contribution in [0.1, 0.15) is 17.9 Å². The molecule has 0 aliphatic carbocycles. The number of aryl methyl sites for hydroxylation is 1. The highest BCUT2D eigenvalue weighted by Gasteiger charge is 2.15. The minimum Gasteiger partial charge on any atom is -0.339 e. The SMILES string of the molecule is O=S(=O)(CCCc1nc(-c2cccs2)no1)Cc1ccccc1Cl. The summed E-state index contributed by atoms with van der Waals surface area (Å²) in [4.78, 5) is 5.21. The minimum atomic E-state index is -3.24. The van der Waals surface area contributed by atoms with Crippen LogP contribution in [0.4, 0.5) is 0 Å². The number of halogens is 1. The van der Waals surface area contributed by atoms with Crippen molar-refractivity contribution in [2.24, 2.45) is 0 Å². The van der Waals surface area contributed by atoms with Crippen molar-refractivity contribution < 1.29 is 12.9 Å². The third-order valence-electron chi connectivity index (χ3n) is 3.39. The molecule has 0 atom stereocenters. The molecule has 0 amide bonds. The summed E-state index contributed by atoms with van der Waals surface area (Å²) in [6.45, 7) is 0. The highest BCUT2D eigenvalue weighted by molar-refractivity contribution is 7.90. The number of benzene rings is 1. The van der Waals surface area contributed by atoms with Gasteiger partial charge < -0.3 is 4.52 Å². The molecule has 5 nitrogen and oxygen atoms in total. The molecule has 3 rings (SSSR count).